The molecule has 0 bridgehead atoms. The van der Waals surface area contributed by atoms with E-state index in [0.717, 1.165) is 76.3 Å². The van der Waals surface area contributed by atoms with Crippen molar-refractivity contribution in [1.29, 1.82) is 0 Å². The molecule has 1 saturated carbocycles. The molecule has 2 aliphatic rings. The Labute approximate surface area is 516 Å². The van der Waals surface area contributed by atoms with Gasteiger partial charge in [-0.15, -0.1) is 30.6 Å². The molecule has 1 amide bonds. The summed E-state index contributed by atoms with van der Waals surface area (Å²) in [7, 11) is 0.623. The molecule has 1 unspecified atom stereocenters. The molecule has 11 aromatic rings. The average Bonchev–Trinajstić information content (AvgIpc) is 1.82. The fourth-order valence-corrected chi connectivity index (χ4v) is 10.5. The molecule has 21 nitrogen and oxygen atoms in total. The van der Waals surface area contributed by atoms with E-state index in [4.69, 9.17) is 29.0 Å². The summed E-state index contributed by atoms with van der Waals surface area (Å²) in [6, 6.07) is 39.8. The lowest BCUT2D eigenvalue weighted by Gasteiger charge is -2.16. The average molecular weight is 1200 g/mol. The maximum Gasteiger partial charge on any atom is 0.268 e. The lowest BCUT2D eigenvalue weighted by Crippen LogP contribution is -2.13. The molecule has 88 heavy (non-hydrogen) atoms. The molecule has 0 spiro atoms. The number of nitrogens with zero attached hydrogens (tertiary/aromatic N) is 13. The van der Waals surface area contributed by atoms with E-state index in [2.05, 4.69) is 74.6 Å². The van der Waals surface area contributed by atoms with Crippen LogP contribution in [0.4, 0.5) is 0 Å². The number of hydrogen-bond acceptors (Lipinski definition) is 20. The summed E-state index contributed by atoms with van der Waals surface area (Å²) in [5.41, 5.74) is 18.8. The van der Waals surface area contributed by atoms with Crippen molar-refractivity contribution in [1.82, 2.24) is 70.7 Å². The number of carbonyl (C=O) groups is 1. The Bertz CT molecular complexity index is 4430. The lowest BCUT2D eigenvalue weighted by atomic mass is 10.0. The van der Waals surface area contributed by atoms with Crippen molar-refractivity contribution in [2.24, 2.45) is 5.73 Å². The normalized spacial score (nSPS) is 13.8. The Hall–Kier alpha value is -10.3. The van der Waals surface area contributed by atoms with Crippen LogP contribution in [0.15, 0.2) is 171 Å². The van der Waals surface area contributed by atoms with Crippen molar-refractivity contribution >= 4 is 21.4 Å². The molecule has 2 fully saturated rings. The number of nitrogens with one attached hydrogen (secondary N) is 1. The Kier molecular flexibility index (Phi) is 17.4. The molecule has 1 saturated heterocycles. The van der Waals surface area contributed by atoms with Gasteiger partial charge in [-0.1, -0.05) is 85.4 Å². The second-order valence-electron chi connectivity index (χ2n) is 21.7. The van der Waals surface area contributed by atoms with Crippen molar-refractivity contribution in [3.05, 3.63) is 192 Å². The van der Waals surface area contributed by atoms with E-state index in [1.54, 1.807) is 74.9 Å². The quantitative estimate of drug-likeness (QED) is 0.0964. The third-order valence-corrected chi connectivity index (χ3v) is 17.1. The zero-order valence-electron chi connectivity index (χ0n) is 49.6. The Morgan fingerprint density at radius 1 is 0.580 bits per heavy atom. The van der Waals surface area contributed by atoms with E-state index in [9.17, 15) is 13.2 Å². The summed E-state index contributed by atoms with van der Waals surface area (Å²) in [5.74, 6) is 2.47. The third-order valence-electron chi connectivity index (χ3n) is 14.9. The van der Waals surface area contributed by atoms with Crippen LogP contribution in [0.3, 0.4) is 0 Å². The number of primary amides is 1. The predicted octanol–water partition coefficient (Wildman–Crippen LogP) is 13.2. The van der Waals surface area contributed by atoms with Crippen molar-refractivity contribution in [3.8, 4) is 91.4 Å². The van der Waals surface area contributed by atoms with E-state index in [0.29, 0.717) is 80.9 Å². The molecule has 454 valence electrons. The third kappa shape index (κ3) is 13.4. The van der Waals surface area contributed by atoms with Crippen LogP contribution in [-0.2, 0) is 9.84 Å². The minimum atomic E-state index is -3.34. The number of aromatic nitrogens is 12. The molecule has 1 atom stereocenters. The van der Waals surface area contributed by atoms with Gasteiger partial charge in [0, 0.05) is 72.3 Å². The van der Waals surface area contributed by atoms with Crippen LogP contribution in [0.25, 0.3) is 97.1 Å². The fraction of sp³-hybridized carbons (Fsp3) is 0.227. The Balaban J connectivity index is 0.000000218. The van der Waals surface area contributed by atoms with Crippen molar-refractivity contribution in [2.75, 3.05) is 20.6 Å². The minimum absolute atomic E-state index is 0. The number of rotatable bonds is 15. The molecule has 1 aliphatic carbocycles. The van der Waals surface area contributed by atoms with Gasteiger partial charge in [0.2, 0.25) is 23.6 Å². The van der Waals surface area contributed by atoms with Gasteiger partial charge in [0.25, 0.3) is 17.7 Å². The molecular formula is C66H73N15O6S. The van der Waals surface area contributed by atoms with Crippen LogP contribution in [0.2, 0.25) is 0 Å². The van der Waals surface area contributed by atoms with Crippen LogP contribution in [0, 0.1) is 20.8 Å². The molecule has 6 aromatic heterocycles. The van der Waals surface area contributed by atoms with Crippen LogP contribution in [-0.4, -0.2) is 106 Å². The number of aryl methyl sites for hydroxylation is 3. The van der Waals surface area contributed by atoms with E-state index in [-0.39, 0.29) is 23.8 Å². The summed E-state index contributed by atoms with van der Waals surface area (Å²) in [4.78, 5) is 41.0. The first-order chi connectivity index (χ1) is 42.5. The van der Waals surface area contributed by atoms with Crippen molar-refractivity contribution < 1.29 is 33.6 Å². The molecule has 22 heteroatoms. The Morgan fingerprint density at radius 2 is 1.06 bits per heavy atom. The maximum atomic E-state index is 12.4. The largest absolute Gasteiger partial charge is 0.419 e. The summed E-state index contributed by atoms with van der Waals surface area (Å²) in [5, 5.41) is 28.0. The monoisotopic (exact) mass is 1200 g/mol. The zero-order valence-corrected chi connectivity index (χ0v) is 50.4. The number of sulfone groups is 1. The number of amides is 1. The minimum Gasteiger partial charge on any atom is -0.419 e. The first-order valence-corrected chi connectivity index (χ1v) is 30.1. The number of benzene rings is 5. The standard InChI is InChI=1S/C26H27N5O3S.C20H15N5O2.C20H21N5O.5H2/c1-16(2)35(32,33)21-12-10-19(11-13-21)23-15-28-17(3)24(29-23)26-31-30-25(34-26)20-8-6-18(7-9-20)22-5-4-14-27-22;1-12-17(20-25-24-19(27-20)13-6-3-2-4-7-13)23-16(11-22-12)14-8-5-9-15(10-14)18(21)26;1-12-18(20-24-23-19(26-20)16-9-10-16)22-17(11-21-12)15-7-5-14(6-8-15)13(2)25(3)4;;;;;/h6-13,15-16,22,27H,4-5,14H2,1-3H3;2-11H,1H3,(H2,21,26);5-8,11,16H,2,9-10H2,1,3-4H3;5*1H. The van der Waals surface area contributed by atoms with Crippen LogP contribution in [0.1, 0.15) is 103 Å². The topological polar surface area (TPSA) is 287 Å². The van der Waals surface area contributed by atoms with Gasteiger partial charge >= 0.3 is 0 Å². The SMILES string of the molecule is C=C(c1ccc(-c2cnc(C)c(-c3nnc(C4CC4)o3)n2)cc1)N(C)C.Cc1ncc(-c2ccc(S(=O)(=O)C(C)C)cc2)nc1-c1nnc(-c2ccc(C3CCCN3)cc2)o1.Cc1ncc(-c2cccc(C(N)=O)c2)nc1-c1nnc(-c2ccccc2)o1.[HH].[HH].[HH].[HH].[HH]. The number of carbonyl (C=O) groups excluding carboxylic acids is 1. The van der Waals surface area contributed by atoms with Gasteiger partial charge in [0.1, 0.15) is 17.1 Å². The number of nitrogens with two attached hydrogens (primary N) is 1. The Morgan fingerprint density at radius 3 is 1.56 bits per heavy atom. The lowest BCUT2D eigenvalue weighted by molar-refractivity contribution is 0.1000. The fourth-order valence-electron chi connectivity index (χ4n) is 9.49. The first kappa shape index (κ1) is 59.4. The van der Waals surface area contributed by atoms with E-state index < -0.39 is 21.0 Å². The van der Waals surface area contributed by atoms with Gasteiger partial charge < -0.3 is 29.2 Å². The zero-order chi connectivity index (χ0) is 61.6. The highest BCUT2D eigenvalue weighted by molar-refractivity contribution is 7.92. The first-order valence-electron chi connectivity index (χ1n) is 28.6. The highest BCUT2D eigenvalue weighted by atomic mass is 32.2. The molecule has 7 heterocycles. The second kappa shape index (κ2) is 25.7. The summed E-state index contributed by atoms with van der Waals surface area (Å²) < 4.78 is 42.4. The molecule has 5 aromatic carbocycles. The summed E-state index contributed by atoms with van der Waals surface area (Å²) >= 11 is 0. The predicted molar refractivity (Wildman–Crippen MR) is 343 cm³/mol. The van der Waals surface area contributed by atoms with E-state index >= 15 is 0 Å². The van der Waals surface area contributed by atoms with Crippen molar-refractivity contribution in [2.45, 2.75) is 82.4 Å². The second-order valence-corrected chi connectivity index (χ2v) is 24.2. The highest BCUT2D eigenvalue weighted by Gasteiger charge is 2.30. The van der Waals surface area contributed by atoms with Crippen LogP contribution in [0.5, 0.6) is 0 Å². The summed E-state index contributed by atoms with van der Waals surface area (Å²) in [6.45, 7) is 14.0. The molecule has 3 N–H and O–H groups in total. The van der Waals surface area contributed by atoms with Gasteiger partial charge in [-0.25, -0.2) is 23.4 Å². The number of hydrogen-bond donors (Lipinski definition) is 2. The highest BCUT2D eigenvalue weighted by Crippen LogP contribution is 2.40. The van der Waals surface area contributed by atoms with Crippen molar-refractivity contribution in [3.63, 3.8) is 0 Å². The molecular weight excluding hydrogens is 1130 g/mol. The van der Waals surface area contributed by atoms with Gasteiger partial charge in [-0.2, -0.15) is 0 Å². The van der Waals surface area contributed by atoms with Gasteiger partial charge in [-0.3, -0.25) is 19.7 Å². The van der Waals surface area contributed by atoms with Gasteiger partial charge in [-0.05, 0) is 127 Å². The van der Waals surface area contributed by atoms with Gasteiger partial charge in [0.05, 0.1) is 62.9 Å². The molecule has 1 aliphatic heterocycles. The van der Waals surface area contributed by atoms with Gasteiger partial charge in [0.15, 0.2) is 9.84 Å². The summed E-state index contributed by atoms with van der Waals surface area (Å²) in [6.07, 6.45) is 9.64. The molecule has 13 rings (SSSR count). The maximum absolute atomic E-state index is 12.4. The van der Waals surface area contributed by atoms with Crippen LogP contribution < -0.4 is 11.1 Å². The molecule has 0 radical (unpaired) electrons. The smallest absolute Gasteiger partial charge is 0.268 e. The van der Waals surface area contributed by atoms with Crippen LogP contribution >= 0.6 is 0 Å². The van der Waals surface area contributed by atoms with E-state index in [1.807, 2.05) is 113 Å². The van der Waals surface area contributed by atoms with E-state index in [1.165, 1.54) is 12.0 Å².